The van der Waals surface area contributed by atoms with E-state index in [1.165, 1.54) is 12.4 Å². The molecule has 0 aliphatic heterocycles. The number of para-hydroxylation sites is 1. The fraction of sp³-hybridized carbons (Fsp3) is 0.150. The number of aromatic nitrogens is 2. The van der Waals surface area contributed by atoms with Crippen LogP contribution in [0.15, 0.2) is 54.9 Å². The molecule has 2 N–H and O–H groups in total. The van der Waals surface area contributed by atoms with Gasteiger partial charge in [-0.25, -0.2) is 9.97 Å². The molecule has 132 valence electrons. The summed E-state index contributed by atoms with van der Waals surface area (Å²) in [6.07, 6.45) is 3.03. The molecule has 0 spiro atoms. The van der Waals surface area contributed by atoms with Gasteiger partial charge >= 0.3 is 0 Å². The Bertz CT molecular complexity index is 904. The average Bonchev–Trinajstić information content (AvgIpc) is 2.62. The molecule has 3 aromatic rings. The van der Waals surface area contributed by atoms with E-state index in [9.17, 15) is 9.90 Å². The van der Waals surface area contributed by atoms with Gasteiger partial charge in [0.25, 0.3) is 5.91 Å². The molecule has 0 radical (unpaired) electrons. The summed E-state index contributed by atoms with van der Waals surface area (Å²) in [6, 6.07) is 12.5. The summed E-state index contributed by atoms with van der Waals surface area (Å²) >= 11 is 0. The molecule has 2 aromatic carbocycles. The number of benzene rings is 2. The normalized spacial score (nSPS) is 10.4. The number of phenolic OH excluding ortho intramolecular Hbond substituents is 1. The van der Waals surface area contributed by atoms with Gasteiger partial charge in [-0.3, -0.25) is 4.79 Å². The van der Waals surface area contributed by atoms with Crippen LogP contribution < -0.4 is 10.1 Å². The quantitative estimate of drug-likeness (QED) is 0.737. The monoisotopic (exact) mass is 349 g/mol. The lowest BCUT2D eigenvalue weighted by molar-refractivity contribution is -0.118. The zero-order chi connectivity index (χ0) is 18.5. The van der Waals surface area contributed by atoms with Crippen LogP contribution in [-0.2, 0) is 4.79 Å². The van der Waals surface area contributed by atoms with Crippen LogP contribution in [0.3, 0.4) is 0 Å². The van der Waals surface area contributed by atoms with E-state index in [0.29, 0.717) is 17.1 Å². The highest BCUT2D eigenvalue weighted by atomic mass is 16.5. The fourth-order valence-corrected chi connectivity index (χ4v) is 2.55. The lowest BCUT2D eigenvalue weighted by Crippen LogP contribution is -2.21. The molecule has 6 nitrogen and oxygen atoms in total. The highest BCUT2D eigenvalue weighted by molar-refractivity contribution is 5.91. The number of aromatic hydroxyl groups is 1. The number of amides is 1. The Morgan fingerprint density at radius 1 is 1.08 bits per heavy atom. The second-order valence-corrected chi connectivity index (χ2v) is 5.90. The average molecular weight is 349 g/mol. The standard InChI is InChI=1S/C20H19N3O3/c1-13-5-3-6-14(2)19(13)26-12-18(25)23-16-10-21-20(22-11-16)15-7-4-8-17(24)9-15/h3-11,24H,12H2,1-2H3,(H,23,25). The molecular formula is C20H19N3O3. The van der Waals surface area contributed by atoms with Crippen LogP contribution in [0.1, 0.15) is 11.1 Å². The third-order valence-electron chi connectivity index (χ3n) is 3.80. The van der Waals surface area contributed by atoms with Gasteiger partial charge in [-0.15, -0.1) is 0 Å². The second-order valence-electron chi connectivity index (χ2n) is 5.90. The number of rotatable bonds is 5. The largest absolute Gasteiger partial charge is 0.508 e. The second kappa shape index (κ2) is 7.65. The molecule has 1 aromatic heterocycles. The van der Waals surface area contributed by atoms with Gasteiger partial charge in [-0.2, -0.15) is 0 Å². The fourth-order valence-electron chi connectivity index (χ4n) is 2.55. The predicted molar refractivity (Wildman–Crippen MR) is 99.2 cm³/mol. The third-order valence-corrected chi connectivity index (χ3v) is 3.80. The number of nitrogens with zero attached hydrogens (tertiary/aromatic N) is 2. The summed E-state index contributed by atoms with van der Waals surface area (Å²) in [5.41, 5.74) is 3.14. The Hall–Kier alpha value is -3.41. The molecule has 0 bridgehead atoms. The molecule has 0 saturated heterocycles. The lowest BCUT2D eigenvalue weighted by Gasteiger charge is -2.12. The van der Waals surface area contributed by atoms with Crippen molar-refractivity contribution in [2.24, 2.45) is 0 Å². The van der Waals surface area contributed by atoms with Crippen molar-refractivity contribution in [3.05, 3.63) is 66.0 Å². The summed E-state index contributed by atoms with van der Waals surface area (Å²) in [5.74, 6) is 1.04. The number of aryl methyl sites for hydroxylation is 2. The molecule has 0 aliphatic carbocycles. The van der Waals surface area contributed by atoms with E-state index in [2.05, 4.69) is 15.3 Å². The minimum Gasteiger partial charge on any atom is -0.508 e. The van der Waals surface area contributed by atoms with Gasteiger partial charge in [0.2, 0.25) is 0 Å². The molecule has 0 aliphatic rings. The number of carbonyl (C=O) groups is 1. The first-order valence-electron chi connectivity index (χ1n) is 8.13. The summed E-state index contributed by atoms with van der Waals surface area (Å²) in [7, 11) is 0. The van der Waals surface area contributed by atoms with Gasteiger partial charge in [0, 0.05) is 5.56 Å². The van der Waals surface area contributed by atoms with Gasteiger partial charge in [0.05, 0.1) is 18.1 Å². The minimum atomic E-state index is -0.290. The number of hydrogen-bond acceptors (Lipinski definition) is 5. The van der Waals surface area contributed by atoms with Crippen molar-refractivity contribution in [3.8, 4) is 22.9 Å². The summed E-state index contributed by atoms with van der Waals surface area (Å²) in [5, 5.41) is 12.2. The highest BCUT2D eigenvalue weighted by Gasteiger charge is 2.09. The number of nitrogens with one attached hydrogen (secondary N) is 1. The van der Waals surface area contributed by atoms with Gasteiger partial charge in [-0.05, 0) is 37.1 Å². The van der Waals surface area contributed by atoms with Crippen LogP contribution in [0.5, 0.6) is 11.5 Å². The van der Waals surface area contributed by atoms with Crippen molar-refractivity contribution in [3.63, 3.8) is 0 Å². The van der Waals surface area contributed by atoms with E-state index in [1.54, 1.807) is 24.3 Å². The Morgan fingerprint density at radius 3 is 2.38 bits per heavy atom. The first kappa shape index (κ1) is 17.4. The number of carbonyl (C=O) groups excluding carboxylic acids is 1. The first-order chi connectivity index (χ1) is 12.5. The Labute approximate surface area is 151 Å². The van der Waals surface area contributed by atoms with Gasteiger partial charge in [-0.1, -0.05) is 30.3 Å². The van der Waals surface area contributed by atoms with Crippen LogP contribution in [-0.4, -0.2) is 27.6 Å². The zero-order valence-corrected chi connectivity index (χ0v) is 14.6. The van der Waals surface area contributed by atoms with Crippen LogP contribution in [0.4, 0.5) is 5.69 Å². The maximum Gasteiger partial charge on any atom is 0.262 e. The van der Waals surface area contributed by atoms with Crippen molar-refractivity contribution in [1.82, 2.24) is 9.97 Å². The molecule has 0 saturated carbocycles. The summed E-state index contributed by atoms with van der Waals surface area (Å²) < 4.78 is 5.63. The highest BCUT2D eigenvalue weighted by Crippen LogP contribution is 2.22. The minimum absolute atomic E-state index is 0.0972. The number of phenols is 1. The van der Waals surface area contributed by atoms with E-state index >= 15 is 0 Å². The van der Waals surface area contributed by atoms with Crippen molar-refractivity contribution in [2.75, 3.05) is 11.9 Å². The first-order valence-corrected chi connectivity index (χ1v) is 8.13. The molecule has 26 heavy (non-hydrogen) atoms. The third kappa shape index (κ3) is 4.16. The predicted octanol–water partition coefficient (Wildman–Crippen LogP) is 3.48. The molecule has 6 heteroatoms. The van der Waals surface area contributed by atoms with E-state index in [-0.39, 0.29) is 18.3 Å². The van der Waals surface area contributed by atoms with Crippen molar-refractivity contribution in [2.45, 2.75) is 13.8 Å². The van der Waals surface area contributed by atoms with Crippen molar-refractivity contribution >= 4 is 11.6 Å². The zero-order valence-electron chi connectivity index (χ0n) is 14.6. The lowest BCUT2D eigenvalue weighted by atomic mass is 10.1. The summed E-state index contributed by atoms with van der Waals surface area (Å²) in [4.78, 5) is 20.5. The molecular weight excluding hydrogens is 330 g/mol. The van der Waals surface area contributed by atoms with E-state index in [0.717, 1.165) is 16.9 Å². The molecule has 0 unspecified atom stereocenters. The van der Waals surface area contributed by atoms with E-state index < -0.39 is 0 Å². The molecule has 1 amide bonds. The van der Waals surface area contributed by atoms with Gasteiger partial charge in [0.1, 0.15) is 11.5 Å². The van der Waals surface area contributed by atoms with Crippen LogP contribution in [0.25, 0.3) is 11.4 Å². The smallest absolute Gasteiger partial charge is 0.262 e. The number of anilines is 1. The Morgan fingerprint density at radius 2 is 1.73 bits per heavy atom. The van der Waals surface area contributed by atoms with E-state index in [1.807, 2.05) is 32.0 Å². The number of hydrogen-bond donors (Lipinski definition) is 2. The van der Waals surface area contributed by atoms with Crippen LogP contribution in [0.2, 0.25) is 0 Å². The maximum absolute atomic E-state index is 12.1. The Balaban J connectivity index is 1.61. The van der Waals surface area contributed by atoms with Gasteiger partial charge < -0.3 is 15.2 Å². The van der Waals surface area contributed by atoms with E-state index in [4.69, 9.17) is 4.74 Å². The molecule has 1 heterocycles. The van der Waals surface area contributed by atoms with Crippen molar-refractivity contribution in [1.29, 1.82) is 0 Å². The molecule has 0 fully saturated rings. The maximum atomic E-state index is 12.1. The topological polar surface area (TPSA) is 84.3 Å². The summed E-state index contributed by atoms with van der Waals surface area (Å²) in [6.45, 7) is 3.78. The number of ether oxygens (including phenoxy) is 1. The molecule has 3 rings (SSSR count). The van der Waals surface area contributed by atoms with Crippen LogP contribution in [0, 0.1) is 13.8 Å². The molecule has 0 atom stereocenters. The van der Waals surface area contributed by atoms with Crippen molar-refractivity contribution < 1.29 is 14.6 Å². The Kier molecular flexibility index (Phi) is 5.12. The van der Waals surface area contributed by atoms with Crippen LogP contribution >= 0.6 is 0 Å². The van der Waals surface area contributed by atoms with Gasteiger partial charge in [0.15, 0.2) is 12.4 Å². The SMILES string of the molecule is Cc1cccc(C)c1OCC(=O)Nc1cnc(-c2cccc(O)c2)nc1.